The number of nitrogens with zero attached hydrogens (tertiary/aromatic N) is 5. The van der Waals surface area contributed by atoms with Crippen molar-refractivity contribution in [3.63, 3.8) is 0 Å². The molecule has 2 aromatic heterocycles. The molecule has 13 heteroatoms. The van der Waals surface area contributed by atoms with Gasteiger partial charge in [-0.1, -0.05) is 23.2 Å². The number of hydrogen-bond donors (Lipinski definition) is 2. The first-order valence-electron chi connectivity index (χ1n) is 13.4. The maximum absolute atomic E-state index is 13.2. The minimum atomic E-state index is -0.458. The number of ether oxygens (including phenoxy) is 1. The van der Waals surface area contributed by atoms with Crippen LogP contribution in [-0.2, 0) is 11.8 Å². The molecule has 0 radical (unpaired) electrons. The van der Waals surface area contributed by atoms with Crippen molar-refractivity contribution in [2.24, 2.45) is 13.0 Å². The summed E-state index contributed by atoms with van der Waals surface area (Å²) < 4.78 is 6.80. The fraction of sp³-hybridized carbons (Fsp3) is 0.393. The van der Waals surface area contributed by atoms with Gasteiger partial charge >= 0.3 is 0 Å². The van der Waals surface area contributed by atoms with E-state index in [9.17, 15) is 14.4 Å². The highest BCUT2D eigenvalue weighted by molar-refractivity contribution is 6.34. The van der Waals surface area contributed by atoms with E-state index in [0.29, 0.717) is 59.6 Å². The van der Waals surface area contributed by atoms with E-state index in [1.165, 1.54) is 19.4 Å². The summed E-state index contributed by atoms with van der Waals surface area (Å²) in [6.07, 6.45) is 4.73. The van der Waals surface area contributed by atoms with E-state index in [2.05, 4.69) is 20.6 Å². The normalized spacial score (nSPS) is 16.0. The Labute approximate surface area is 247 Å². The second-order valence-corrected chi connectivity index (χ2v) is 10.8. The average molecular weight is 601 g/mol. The average Bonchev–Trinajstić information content (AvgIpc) is 3.38. The van der Waals surface area contributed by atoms with Crippen molar-refractivity contribution in [3.8, 4) is 17.1 Å². The molecule has 4 heterocycles. The first-order valence-corrected chi connectivity index (χ1v) is 14.1. The van der Waals surface area contributed by atoms with E-state index in [1.807, 2.05) is 4.90 Å². The molecule has 0 unspecified atom stereocenters. The summed E-state index contributed by atoms with van der Waals surface area (Å²) in [5.74, 6) is 0.111. The molecular formula is C28H31Cl2N7O4. The van der Waals surface area contributed by atoms with Crippen molar-refractivity contribution in [2.75, 3.05) is 51.7 Å². The number of carbonyl (C=O) groups is 3. The van der Waals surface area contributed by atoms with Crippen molar-refractivity contribution >= 4 is 46.6 Å². The zero-order valence-corrected chi connectivity index (χ0v) is 24.3. The number of carbonyl (C=O) groups excluding carboxylic acids is 3. The maximum atomic E-state index is 13.2. The van der Waals surface area contributed by atoms with E-state index in [-0.39, 0.29) is 28.6 Å². The van der Waals surface area contributed by atoms with Crippen LogP contribution < -0.4 is 15.4 Å². The van der Waals surface area contributed by atoms with Crippen molar-refractivity contribution in [2.45, 2.75) is 12.8 Å². The van der Waals surface area contributed by atoms with Gasteiger partial charge in [-0.2, -0.15) is 0 Å². The number of anilines is 1. The highest BCUT2D eigenvalue weighted by atomic mass is 35.5. The van der Waals surface area contributed by atoms with Crippen LogP contribution in [0.25, 0.3) is 11.3 Å². The number of amides is 3. The Kier molecular flexibility index (Phi) is 8.77. The van der Waals surface area contributed by atoms with Crippen LogP contribution in [0.2, 0.25) is 10.0 Å². The van der Waals surface area contributed by atoms with Crippen molar-refractivity contribution in [1.29, 1.82) is 0 Å². The van der Waals surface area contributed by atoms with Crippen molar-refractivity contribution in [3.05, 3.63) is 58.1 Å². The molecular weight excluding hydrogens is 569 g/mol. The van der Waals surface area contributed by atoms with Crippen LogP contribution in [0, 0.1) is 5.92 Å². The predicted octanol–water partition coefficient (Wildman–Crippen LogP) is 3.33. The largest absolute Gasteiger partial charge is 0.481 e. The van der Waals surface area contributed by atoms with Gasteiger partial charge in [0.2, 0.25) is 11.8 Å². The van der Waals surface area contributed by atoms with Crippen molar-refractivity contribution < 1.29 is 19.1 Å². The molecule has 0 spiro atoms. The summed E-state index contributed by atoms with van der Waals surface area (Å²) in [7, 11) is 3.21. The first kappa shape index (κ1) is 28.8. The number of piperidine rings is 1. The monoisotopic (exact) mass is 599 g/mol. The fourth-order valence-corrected chi connectivity index (χ4v) is 5.64. The van der Waals surface area contributed by atoms with E-state index in [1.54, 1.807) is 40.9 Å². The molecule has 0 atom stereocenters. The summed E-state index contributed by atoms with van der Waals surface area (Å²) >= 11 is 12.8. The van der Waals surface area contributed by atoms with Crippen LogP contribution in [0.4, 0.5) is 5.69 Å². The Morgan fingerprint density at radius 2 is 1.68 bits per heavy atom. The van der Waals surface area contributed by atoms with Crippen LogP contribution in [0.3, 0.4) is 0 Å². The van der Waals surface area contributed by atoms with Gasteiger partial charge in [0.05, 0.1) is 40.8 Å². The molecule has 3 amide bonds. The number of hydrogen-bond acceptors (Lipinski definition) is 7. The molecule has 0 bridgehead atoms. The lowest BCUT2D eigenvalue weighted by Gasteiger charge is -2.37. The van der Waals surface area contributed by atoms with Crippen LogP contribution in [0.1, 0.15) is 33.8 Å². The van der Waals surface area contributed by atoms with E-state index in [0.717, 1.165) is 25.9 Å². The fourth-order valence-electron chi connectivity index (χ4n) is 5.18. The third-order valence-corrected chi connectivity index (χ3v) is 8.14. The Morgan fingerprint density at radius 3 is 2.37 bits per heavy atom. The molecule has 2 fully saturated rings. The smallest absolute Gasteiger partial charge is 0.291 e. The number of halogens is 2. The van der Waals surface area contributed by atoms with E-state index >= 15 is 0 Å². The quantitative estimate of drug-likeness (QED) is 0.445. The second kappa shape index (κ2) is 12.5. The molecule has 2 aliphatic rings. The Bertz CT molecular complexity index is 1460. The van der Waals surface area contributed by atoms with Gasteiger partial charge in [0, 0.05) is 56.5 Å². The summed E-state index contributed by atoms with van der Waals surface area (Å²) in [6.45, 7) is 3.62. The molecule has 2 saturated heterocycles. The van der Waals surface area contributed by atoms with Gasteiger partial charge in [-0.25, -0.2) is 9.97 Å². The number of aromatic nitrogens is 3. The molecule has 41 heavy (non-hydrogen) atoms. The minimum Gasteiger partial charge on any atom is -0.481 e. The predicted molar refractivity (Wildman–Crippen MR) is 155 cm³/mol. The molecule has 2 aliphatic heterocycles. The first-order chi connectivity index (χ1) is 19.8. The van der Waals surface area contributed by atoms with Crippen LogP contribution in [-0.4, -0.2) is 88.4 Å². The van der Waals surface area contributed by atoms with Crippen molar-refractivity contribution in [1.82, 2.24) is 29.7 Å². The SMILES string of the molecule is COc1cc(-c2cnc(C(=O)Nc3ccc(C(=O)N4CCN(C(=O)C5CCNCC5)CC4)c(Cl)c3)n2C)c(Cl)cn1. The number of imidazole rings is 1. The summed E-state index contributed by atoms with van der Waals surface area (Å²) in [4.78, 5) is 51.0. The highest BCUT2D eigenvalue weighted by Crippen LogP contribution is 2.30. The number of piperazine rings is 1. The lowest BCUT2D eigenvalue weighted by molar-refractivity contribution is -0.137. The molecule has 216 valence electrons. The van der Waals surface area contributed by atoms with E-state index in [4.69, 9.17) is 27.9 Å². The van der Waals surface area contributed by atoms with Gasteiger partial charge in [0.25, 0.3) is 11.8 Å². The van der Waals surface area contributed by atoms with Gasteiger partial charge in [-0.15, -0.1) is 0 Å². The molecule has 1 aromatic carbocycles. The number of pyridine rings is 1. The highest BCUT2D eigenvalue weighted by Gasteiger charge is 2.30. The van der Waals surface area contributed by atoms with Gasteiger partial charge in [-0.05, 0) is 44.1 Å². The van der Waals surface area contributed by atoms with Crippen LogP contribution in [0.15, 0.2) is 36.7 Å². The Hall–Kier alpha value is -3.67. The molecule has 0 saturated carbocycles. The summed E-state index contributed by atoms with van der Waals surface area (Å²) in [5.41, 5.74) is 1.98. The third-order valence-electron chi connectivity index (χ3n) is 7.53. The number of nitrogens with one attached hydrogen (secondary N) is 2. The molecule has 11 nitrogen and oxygen atoms in total. The molecule has 2 N–H and O–H groups in total. The lowest BCUT2D eigenvalue weighted by Crippen LogP contribution is -2.52. The standard InChI is InChI=1S/C28H31Cl2N7O4/c1-35-23(20-14-24(41-2)32-15-22(20)30)16-33-25(35)26(38)34-18-3-4-19(21(29)13-18)28(40)37-11-9-36(10-12-37)27(39)17-5-7-31-8-6-17/h3-4,13-17,31H,5-12H2,1-2H3,(H,34,38). The van der Waals surface area contributed by atoms with E-state index < -0.39 is 5.91 Å². The second-order valence-electron chi connectivity index (χ2n) is 10.0. The topological polar surface area (TPSA) is 122 Å². The maximum Gasteiger partial charge on any atom is 0.291 e. The van der Waals surface area contributed by atoms with Gasteiger partial charge in [0.15, 0.2) is 5.82 Å². The third kappa shape index (κ3) is 6.17. The van der Waals surface area contributed by atoms with Crippen LogP contribution in [0.5, 0.6) is 5.88 Å². The van der Waals surface area contributed by atoms with Crippen LogP contribution >= 0.6 is 23.2 Å². The summed E-state index contributed by atoms with van der Waals surface area (Å²) in [6, 6.07) is 6.43. The van der Waals surface area contributed by atoms with Gasteiger partial charge < -0.3 is 29.7 Å². The summed E-state index contributed by atoms with van der Waals surface area (Å²) in [5, 5.41) is 6.68. The van der Waals surface area contributed by atoms with Gasteiger partial charge in [0.1, 0.15) is 0 Å². The Balaban J connectivity index is 1.22. The molecule has 5 rings (SSSR count). The number of rotatable bonds is 6. The minimum absolute atomic E-state index is 0.0602. The molecule has 0 aliphatic carbocycles. The lowest BCUT2D eigenvalue weighted by atomic mass is 9.96. The zero-order chi connectivity index (χ0) is 29.1. The zero-order valence-electron chi connectivity index (χ0n) is 22.8. The molecule has 3 aromatic rings. The Morgan fingerprint density at radius 1 is 0.976 bits per heavy atom. The number of benzene rings is 1. The van der Waals surface area contributed by atoms with Gasteiger partial charge in [-0.3, -0.25) is 14.4 Å². The number of methoxy groups -OCH3 is 1.